The molecule has 3 heterocycles. The molecule has 2 atom stereocenters. The molecule has 0 bridgehead atoms. The fourth-order valence-electron chi connectivity index (χ4n) is 3.74. The molecule has 1 aromatic carbocycles. The highest BCUT2D eigenvalue weighted by molar-refractivity contribution is 7.89. The Bertz CT molecular complexity index is 836. The van der Waals surface area contributed by atoms with Gasteiger partial charge in [-0.25, -0.2) is 8.42 Å². The summed E-state index contributed by atoms with van der Waals surface area (Å²) in [5.41, 5.74) is 0. The number of hydrogen-bond acceptors (Lipinski definition) is 4. The van der Waals surface area contributed by atoms with Crippen molar-refractivity contribution >= 4 is 32.4 Å². The Balaban J connectivity index is 1.78. The van der Waals surface area contributed by atoms with Crippen LogP contribution >= 0.6 is 11.6 Å². The molecule has 5 nitrogen and oxygen atoms in total. The van der Waals surface area contributed by atoms with Crippen LogP contribution in [0.1, 0.15) is 6.42 Å². The van der Waals surface area contributed by atoms with E-state index in [9.17, 15) is 8.42 Å². The Labute approximate surface area is 140 Å². The van der Waals surface area contributed by atoms with Gasteiger partial charge in [-0.1, -0.05) is 23.7 Å². The van der Waals surface area contributed by atoms with Crippen molar-refractivity contribution in [1.82, 2.24) is 14.6 Å². The SMILES string of the molecule is O=S(=O)(c1cccc2cncc(Cl)c12)N1CC2CCNCC2C1. The number of piperidine rings is 1. The van der Waals surface area contributed by atoms with Gasteiger partial charge in [0, 0.05) is 36.3 Å². The number of fused-ring (bicyclic) bond motifs is 2. The predicted octanol–water partition coefficient (Wildman–Crippen LogP) is 2.12. The molecule has 2 aliphatic rings. The highest BCUT2D eigenvalue weighted by Gasteiger charge is 2.40. The highest BCUT2D eigenvalue weighted by Crippen LogP contribution is 2.35. The van der Waals surface area contributed by atoms with Crippen molar-refractivity contribution in [2.45, 2.75) is 11.3 Å². The maximum Gasteiger partial charge on any atom is 0.243 e. The molecule has 2 aliphatic heterocycles. The minimum absolute atomic E-state index is 0.286. The van der Waals surface area contributed by atoms with Crippen molar-refractivity contribution in [3.8, 4) is 0 Å². The topological polar surface area (TPSA) is 62.3 Å². The molecule has 23 heavy (non-hydrogen) atoms. The second-order valence-electron chi connectivity index (χ2n) is 6.31. The molecule has 1 N–H and O–H groups in total. The van der Waals surface area contributed by atoms with Crippen LogP contribution in [0.3, 0.4) is 0 Å². The van der Waals surface area contributed by atoms with Crippen LogP contribution in [0.2, 0.25) is 5.02 Å². The normalized spacial score (nSPS) is 25.6. The van der Waals surface area contributed by atoms with Gasteiger partial charge in [0.1, 0.15) is 0 Å². The number of hydrogen-bond donors (Lipinski definition) is 1. The third-order valence-corrected chi connectivity index (χ3v) is 7.12. The van der Waals surface area contributed by atoms with Crippen molar-refractivity contribution in [1.29, 1.82) is 0 Å². The van der Waals surface area contributed by atoms with E-state index in [4.69, 9.17) is 11.6 Å². The number of pyridine rings is 1. The van der Waals surface area contributed by atoms with Gasteiger partial charge >= 0.3 is 0 Å². The van der Waals surface area contributed by atoms with Gasteiger partial charge in [0.05, 0.1) is 9.92 Å². The fourth-order valence-corrected chi connectivity index (χ4v) is 5.85. The van der Waals surface area contributed by atoms with Gasteiger partial charge in [-0.3, -0.25) is 4.98 Å². The Hall–Kier alpha value is -1.21. The Kier molecular flexibility index (Phi) is 3.80. The van der Waals surface area contributed by atoms with Gasteiger partial charge in [-0.15, -0.1) is 0 Å². The predicted molar refractivity (Wildman–Crippen MR) is 90.0 cm³/mol. The largest absolute Gasteiger partial charge is 0.316 e. The number of nitrogens with one attached hydrogen (secondary N) is 1. The van der Waals surface area contributed by atoms with E-state index in [0.29, 0.717) is 35.3 Å². The zero-order valence-electron chi connectivity index (χ0n) is 12.6. The summed E-state index contributed by atoms with van der Waals surface area (Å²) < 4.78 is 28.0. The summed E-state index contributed by atoms with van der Waals surface area (Å²) in [6.45, 7) is 3.06. The maximum absolute atomic E-state index is 13.2. The van der Waals surface area contributed by atoms with Crippen molar-refractivity contribution in [2.24, 2.45) is 11.8 Å². The molecule has 2 unspecified atom stereocenters. The zero-order chi connectivity index (χ0) is 16.0. The van der Waals surface area contributed by atoms with Crippen LogP contribution in [0.5, 0.6) is 0 Å². The molecule has 122 valence electrons. The van der Waals surface area contributed by atoms with Crippen LogP contribution < -0.4 is 5.32 Å². The summed E-state index contributed by atoms with van der Waals surface area (Å²) in [6.07, 6.45) is 4.18. The molecule has 2 saturated heterocycles. The van der Waals surface area contributed by atoms with Gasteiger partial charge < -0.3 is 5.32 Å². The maximum atomic E-state index is 13.2. The number of sulfonamides is 1. The lowest BCUT2D eigenvalue weighted by atomic mass is 9.90. The van der Waals surface area contributed by atoms with Gasteiger partial charge in [0.2, 0.25) is 10.0 Å². The van der Waals surface area contributed by atoms with E-state index in [1.807, 2.05) is 6.07 Å². The number of halogens is 1. The van der Waals surface area contributed by atoms with E-state index >= 15 is 0 Å². The number of aromatic nitrogens is 1. The molecule has 7 heteroatoms. The van der Waals surface area contributed by atoms with E-state index < -0.39 is 10.0 Å². The summed E-state index contributed by atoms with van der Waals surface area (Å²) in [5, 5.41) is 5.04. The van der Waals surface area contributed by atoms with Crippen LogP contribution in [-0.4, -0.2) is 43.9 Å². The molecule has 0 saturated carbocycles. The second-order valence-corrected chi connectivity index (χ2v) is 8.62. The van der Waals surface area contributed by atoms with E-state index in [2.05, 4.69) is 10.3 Å². The summed E-state index contributed by atoms with van der Waals surface area (Å²) in [5.74, 6) is 0.865. The minimum Gasteiger partial charge on any atom is -0.316 e. The lowest BCUT2D eigenvalue weighted by Crippen LogP contribution is -2.35. The van der Waals surface area contributed by atoms with Gasteiger partial charge in [0.15, 0.2) is 0 Å². The Morgan fingerprint density at radius 2 is 2.04 bits per heavy atom. The van der Waals surface area contributed by atoms with Crippen molar-refractivity contribution in [3.05, 3.63) is 35.6 Å². The molecule has 4 rings (SSSR count). The zero-order valence-corrected chi connectivity index (χ0v) is 14.1. The summed E-state index contributed by atoms with van der Waals surface area (Å²) in [7, 11) is -3.55. The smallest absolute Gasteiger partial charge is 0.243 e. The molecule has 0 radical (unpaired) electrons. The van der Waals surface area contributed by atoms with Crippen LogP contribution in [0, 0.1) is 11.8 Å². The average Bonchev–Trinajstić information content (AvgIpc) is 2.99. The van der Waals surface area contributed by atoms with Crippen molar-refractivity contribution in [2.75, 3.05) is 26.2 Å². The van der Waals surface area contributed by atoms with Crippen LogP contribution in [0.25, 0.3) is 10.8 Å². The summed E-state index contributed by atoms with van der Waals surface area (Å²) in [6, 6.07) is 5.22. The lowest BCUT2D eigenvalue weighted by molar-refractivity contribution is 0.318. The first-order valence-corrected chi connectivity index (χ1v) is 9.62. The average molecular weight is 352 g/mol. The number of rotatable bonds is 2. The van der Waals surface area contributed by atoms with Crippen molar-refractivity contribution in [3.63, 3.8) is 0 Å². The van der Waals surface area contributed by atoms with Crippen molar-refractivity contribution < 1.29 is 8.42 Å². The first-order valence-electron chi connectivity index (χ1n) is 7.80. The second kappa shape index (κ2) is 5.70. The molecule has 0 spiro atoms. The third kappa shape index (κ3) is 2.54. The standard InChI is InChI=1S/C16H18ClN3O2S/c17-14-8-19-6-11-2-1-3-15(16(11)14)23(21,22)20-9-12-4-5-18-7-13(12)10-20/h1-3,6,8,12-13,18H,4-5,7,9-10H2. The monoisotopic (exact) mass is 351 g/mol. The molecular weight excluding hydrogens is 334 g/mol. The highest BCUT2D eigenvalue weighted by atomic mass is 35.5. The Morgan fingerprint density at radius 3 is 2.87 bits per heavy atom. The molecule has 0 amide bonds. The molecule has 2 aromatic rings. The lowest BCUT2D eigenvalue weighted by Gasteiger charge is -2.24. The molecule has 1 aromatic heterocycles. The first kappa shape index (κ1) is 15.3. The van der Waals surface area contributed by atoms with Gasteiger partial charge in [-0.05, 0) is 37.4 Å². The Morgan fingerprint density at radius 1 is 1.22 bits per heavy atom. The quantitative estimate of drug-likeness (QED) is 0.900. The molecular formula is C16H18ClN3O2S. The third-order valence-electron chi connectivity index (χ3n) is 4.96. The summed E-state index contributed by atoms with van der Waals surface area (Å²) in [4.78, 5) is 4.33. The van der Waals surface area contributed by atoms with Gasteiger partial charge in [0.25, 0.3) is 0 Å². The fraction of sp³-hybridized carbons (Fsp3) is 0.438. The molecule has 2 fully saturated rings. The van der Waals surface area contributed by atoms with E-state index in [-0.39, 0.29) is 4.90 Å². The first-order chi connectivity index (χ1) is 11.1. The van der Waals surface area contributed by atoms with E-state index in [1.54, 1.807) is 22.6 Å². The summed E-state index contributed by atoms with van der Waals surface area (Å²) >= 11 is 6.24. The van der Waals surface area contributed by atoms with E-state index in [1.165, 1.54) is 6.20 Å². The van der Waals surface area contributed by atoms with Crippen LogP contribution in [-0.2, 0) is 10.0 Å². The number of nitrogens with zero attached hydrogens (tertiary/aromatic N) is 2. The van der Waals surface area contributed by atoms with E-state index in [0.717, 1.165) is 24.9 Å². The minimum atomic E-state index is -3.55. The van der Waals surface area contributed by atoms with Crippen LogP contribution in [0.4, 0.5) is 0 Å². The van der Waals surface area contributed by atoms with Crippen LogP contribution in [0.15, 0.2) is 35.5 Å². The molecule has 0 aliphatic carbocycles. The number of benzene rings is 1. The van der Waals surface area contributed by atoms with Gasteiger partial charge in [-0.2, -0.15) is 4.31 Å².